The quantitative estimate of drug-likeness (QED) is 0.872. The standard InChI is InChI=1S/C14H19N3O/c1-11(16)14(12-5-3-2-4-6-12)17-7-8-18-13(9-15)10-17/h2-6,11,13-14H,7-8,10,16H2,1H3. The first-order chi connectivity index (χ1) is 8.72. The molecule has 1 fully saturated rings. The summed E-state index contributed by atoms with van der Waals surface area (Å²) in [7, 11) is 0. The van der Waals surface area contributed by atoms with E-state index in [0.717, 1.165) is 6.54 Å². The van der Waals surface area contributed by atoms with Crippen LogP contribution in [0.4, 0.5) is 0 Å². The van der Waals surface area contributed by atoms with E-state index in [1.165, 1.54) is 5.56 Å². The van der Waals surface area contributed by atoms with E-state index in [1.807, 2.05) is 25.1 Å². The first-order valence-electron chi connectivity index (χ1n) is 6.28. The van der Waals surface area contributed by atoms with Gasteiger partial charge in [0.05, 0.1) is 12.7 Å². The number of morpholine rings is 1. The van der Waals surface area contributed by atoms with Gasteiger partial charge in [0, 0.05) is 25.2 Å². The molecule has 0 spiro atoms. The largest absolute Gasteiger partial charge is 0.361 e. The fourth-order valence-electron chi connectivity index (χ4n) is 2.50. The number of rotatable bonds is 3. The number of nitrogens with two attached hydrogens (primary N) is 1. The summed E-state index contributed by atoms with van der Waals surface area (Å²) in [5, 5.41) is 8.97. The summed E-state index contributed by atoms with van der Waals surface area (Å²) >= 11 is 0. The van der Waals surface area contributed by atoms with Crippen LogP contribution in [0.2, 0.25) is 0 Å². The van der Waals surface area contributed by atoms with Gasteiger partial charge < -0.3 is 10.5 Å². The zero-order chi connectivity index (χ0) is 13.0. The van der Waals surface area contributed by atoms with Gasteiger partial charge in [-0.05, 0) is 12.5 Å². The van der Waals surface area contributed by atoms with Crippen molar-refractivity contribution in [2.75, 3.05) is 19.7 Å². The van der Waals surface area contributed by atoms with Crippen molar-refractivity contribution in [2.45, 2.75) is 25.1 Å². The molecule has 1 aromatic rings. The Hall–Kier alpha value is -1.41. The number of nitriles is 1. The number of benzene rings is 1. The summed E-state index contributed by atoms with van der Waals surface area (Å²) in [5.74, 6) is 0. The molecule has 4 nitrogen and oxygen atoms in total. The minimum Gasteiger partial charge on any atom is -0.361 e. The molecule has 1 aromatic carbocycles. The number of nitrogens with zero attached hydrogens (tertiary/aromatic N) is 2. The predicted molar refractivity (Wildman–Crippen MR) is 69.8 cm³/mol. The molecule has 0 aromatic heterocycles. The topological polar surface area (TPSA) is 62.3 Å². The van der Waals surface area contributed by atoms with Crippen molar-refractivity contribution >= 4 is 0 Å². The molecule has 96 valence electrons. The molecule has 1 heterocycles. The van der Waals surface area contributed by atoms with E-state index in [0.29, 0.717) is 13.2 Å². The minimum atomic E-state index is -0.344. The minimum absolute atomic E-state index is 0.0184. The smallest absolute Gasteiger partial charge is 0.156 e. The molecule has 2 rings (SSSR count). The van der Waals surface area contributed by atoms with Gasteiger partial charge in [-0.15, -0.1) is 0 Å². The molecule has 2 N–H and O–H groups in total. The van der Waals surface area contributed by atoms with E-state index < -0.39 is 0 Å². The monoisotopic (exact) mass is 245 g/mol. The van der Waals surface area contributed by atoms with Crippen molar-refractivity contribution in [3.05, 3.63) is 35.9 Å². The van der Waals surface area contributed by atoms with Crippen molar-refractivity contribution in [2.24, 2.45) is 5.73 Å². The lowest BCUT2D eigenvalue weighted by Crippen LogP contribution is -2.48. The zero-order valence-corrected chi connectivity index (χ0v) is 10.6. The van der Waals surface area contributed by atoms with Gasteiger partial charge in [0.2, 0.25) is 0 Å². The Bertz CT molecular complexity index is 413. The van der Waals surface area contributed by atoms with E-state index in [4.69, 9.17) is 15.7 Å². The highest BCUT2D eigenvalue weighted by Crippen LogP contribution is 2.25. The average molecular weight is 245 g/mol. The van der Waals surface area contributed by atoms with Crippen LogP contribution in [-0.4, -0.2) is 36.7 Å². The summed E-state index contributed by atoms with van der Waals surface area (Å²) in [6.45, 7) is 4.04. The van der Waals surface area contributed by atoms with Crippen LogP contribution in [-0.2, 0) is 4.74 Å². The maximum atomic E-state index is 8.97. The van der Waals surface area contributed by atoms with Gasteiger partial charge in [-0.3, -0.25) is 4.90 Å². The third-order valence-corrected chi connectivity index (χ3v) is 3.27. The van der Waals surface area contributed by atoms with Crippen LogP contribution < -0.4 is 5.73 Å². The van der Waals surface area contributed by atoms with Crippen LogP contribution in [0.1, 0.15) is 18.5 Å². The summed E-state index contributed by atoms with van der Waals surface area (Å²) in [6, 6.07) is 12.6. The van der Waals surface area contributed by atoms with E-state index in [1.54, 1.807) is 0 Å². The molecule has 3 atom stereocenters. The van der Waals surface area contributed by atoms with Crippen molar-refractivity contribution in [1.82, 2.24) is 4.90 Å². The highest BCUT2D eigenvalue weighted by Gasteiger charge is 2.29. The van der Waals surface area contributed by atoms with Gasteiger partial charge in [-0.1, -0.05) is 30.3 Å². The van der Waals surface area contributed by atoms with Gasteiger partial charge in [0.25, 0.3) is 0 Å². The SMILES string of the molecule is CC(N)C(c1ccccc1)N1CCOC(C#N)C1. The summed E-state index contributed by atoms with van der Waals surface area (Å²) < 4.78 is 5.38. The highest BCUT2D eigenvalue weighted by molar-refractivity contribution is 5.21. The van der Waals surface area contributed by atoms with Crippen LogP contribution in [0.15, 0.2) is 30.3 Å². The number of hydrogen-bond donors (Lipinski definition) is 1. The van der Waals surface area contributed by atoms with Crippen LogP contribution in [0.5, 0.6) is 0 Å². The molecule has 1 saturated heterocycles. The Kier molecular flexibility index (Phi) is 4.32. The van der Waals surface area contributed by atoms with E-state index in [9.17, 15) is 0 Å². The Morgan fingerprint density at radius 3 is 2.78 bits per heavy atom. The lowest BCUT2D eigenvalue weighted by atomic mass is 9.98. The Labute approximate surface area is 108 Å². The van der Waals surface area contributed by atoms with Crippen LogP contribution in [0, 0.1) is 11.3 Å². The summed E-state index contributed by atoms with van der Waals surface area (Å²) in [4.78, 5) is 2.25. The maximum absolute atomic E-state index is 8.97. The number of ether oxygens (including phenoxy) is 1. The van der Waals surface area contributed by atoms with E-state index in [2.05, 4.69) is 23.1 Å². The molecule has 18 heavy (non-hydrogen) atoms. The summed E-state index contributed by atoms with van der Waals surface area (Å²) in [6.07, 6.45) is -0.344. The second kappa shape index (κ2) is 5.96. The second-order valence-electron chi connectivity index (χ2n) is 4.70. The van der Waals surface area contributed by atoms with Crippen molar-refractivity contribution in [3.63, 3.8) is 0 Å². The molecule has 1 aliphatic heterocycles. The van der Waals surface area contributed by atoms with Crippen molar-refractivity contribution < 1.29 is 4.74 Å². The van der Waals surface area contributed by atoms with Crippen LogP contribution in [0.3, 0.4) is 0 Å². The van der Waals surface area contributed by atoms with Gasteiger partial charge in [0.15, 0.2) is 6.10 Å². The van der Waals surface area contributed by atoms with E-state index >= 15 is 0 Å². The second-order valence-corrected chi connectivity index (χ2v) is 4.70. The molecule has 0 aliphatic carbocycles. The predicted octanol–water partition coefficient (Wildman–Crippen LogP) is 1.30. The number of hydrogen-bond acceptors (Lipinski definition) is 4. The average Bonchev–Trinajstić information content (AvgIpc) is 2.40. The molecular weight excluding hydrogens is 226 g/mol. The fraction of sp³-hybridized carbons (Fsp3) is 0.500. The molecule has 0 amide bonds. The fourth-order valence-corrected chi connectivity index (χ4v) is 2.50. The van der Waals surface area contributed by atoms with Gasteiger partial charge in [-0.2, -0.15) is 5.26 Å². The van der Waals surface area contributed by atoms with Crippen molar-refractivity contribution in [3.8, 4) is 6.07 Å². The molecule has 4 heteroatoms. The lowest BCUT2D eigenvalue weighted by molar-refractivity contribution is -0.0210. The van der Waals surface area contributed by atoms with Gasteiger partial charge in [0.1, 0.15) is 0 Å². The first kappa shape index (κ1) is 13.0. The third kappa shape index (κ3) is 2.88. The Morgan fingerprint density at radius 2 is 2.17 bits per heavy atom. The third-order valence-electron chi connectivity index (χ3n) is 3.27. The molecule has 0 bridgehead atoms. The molecular formula is C14H19N3O. The molecule has 3 unspecified atom stereocenters. The molecule has 0 radical (unpaired) electrons. The van der Waals surface area contributed by atoms with E-state index in [-0.39, 0.29) is 18.2 Å². The first-order valence-corrected chi connectivity index (χ1v) is 6.28. The Morgan fingerprint density at radius 1 is 1.44 bits per heavy atom. The zero-order valence-electron chi connectivity index (χ0n) is 10.6. The van der Waals surface area contributed by atoms with Crippen LogP contribution >= 0.6 is 0 Å². The van der Waals surface area contributed by atoms with Crippen molar-refractivity contribution in [1.29, 1.82) is 5.26 Å². The molecule has 0 saturated carbocycles. The maximum Gasteiger partial charge on any atom is 0.156 e. The Balaban J connectivity index is 2.18. The normalized spacial score (nSPS) is 24.2. The van der Waals surface area contributed by atoms with Gasteiger partial charge >= 0.3 is 0 Å². The van der Waals surface area contributed by atoms with Gasteiger partial charge in [-0.25, -0.2) is 0 Å². The summed E-state index contributed by atoms with van der Waals surface area (Å²) in [5.41, 5.74) is 7.32. The lowest BCUT2D eigenvalue weighted by Gasteiger charge is -2.38. The van der Waals surface area contributed by atoms with Crippen LogP contribution in [0.25, 0.3) is 0 Å². The molecule has 1 aliphatic rings. The highest BCUT2D eigenvalue weighted by atomic mass is 16.5.